The van der Waals surface area contributed by atoms with Crippen LogP contribution in [0, 0.1) is 11.6 Å². The highest BCUT2D eigenvalue weighted by Crippen LogP contribution is 2.25. The Morgan fingerprint density at radius 3 is 2.38 bits per heavy atom. The Kier molecular flexibility index (Phi) is 6.40. The van der Waals surface area contributed by atoms with Crippen molar-refractivity contribution < 1.29 is 26.7 Å². The molecule has 6 nitrogen and oxygen atoms in total. The molecule has 10 heteroatoms. The summed E-state index contributed by atoms with van der Waals surface area (Å²) in [6.45, 7) is 1.81. The van der Waals surface area contributed by atoms with Crippen LogP contribution in [-0.2, 0) is 14.8 Å². The van der Waals surface area contributed by atoms with Crippen molar-refractivity contribution in [3.05, 3.63) is 59.1 Å². The van der Waals surface area contributed by atoms with E-state index in [-0.39, 0.29) is 32.1 Å². The minimum atomic E-state index is -4.13. The van der Waals surface area contributed by atoms with Gasteiger partial charge in [-0.25, -0.2) is 17.2 Å². The Morgan fingerprint density at radius 1 is 1.10 bits per heavy atom. The minimum Gasteiger partial charge on any atom is -0.479 e. The van der Waals surface area contributed by atoms with Crippen LogP contribution in [-0.4, -0.2) is 55.8 Å². The van der Waals surface area contributed by atoms with E-state index in [4.69, 9.17) is 16.3 Å². The molecule has 29 heavy (non-hydrogen) atoms. The van der Waals surface area contributed by atoms with E-state index in [1.165, 1.54) is 4.90 Å². The molecule has 3 rings (SSSR count). The molecule has 1 aliphatic heterocycles. The summed E-state index contributed by atoms with van der Waals surface area (Å²) in [5.74, 6) is -1.94. The van der Waals surface area contributed by atoms with Crippen LogP contribution < -0.4 is 4.74 Å². The molecule has 0 bridgehead atoms. The van der Waals surface area contributed by atoms with Gasteiger partial charge in [-0.3, -0.25) is 4.79 Å². The van der Waals surface area contributed by atoms with Crippen molar-refractivity contribution in [1.82, 2.24) is 9.21 Å². The molecule has 0 N–H and O–H groups in total. The topological polar surface area (TPSA) is 66.9 Å². The lowest BCUT2D eigenvalue weighted by atomic mass is 10.2. The van der Waals surface area contributed by atoms with Crippen molar-refractivity contribution in [2.24, 2.45) is 0 Å². The largest absolute Gasteiger partial charge is 0.479 e. The number of nitrogens with zero attached hydrogens (tertiary/aromatic N) is 2. The number of sulfonamides is 1. The van der Waals surface area contributed by atoms with Crippen LogP contribution in [0.1, 0.15) is 6.92 Å². The first-order chi connectivity index (χ1) is 13.7. The van der Waals surface area contributed by atoms with Crippen molar-refractivity contribution in [2.75, 3.05) is 26.2 Å². The second-order valence-electron chi connectivity index (χ2n) is 6.49. The number of hydrogen-bond donors (Lipinski definition) is 0. The number of hydrogen-bond acceptors (Lipinski definition) is 4. The van der Waals surface area contributed by atoms with Crippen LogP contribution in [0.2, 0.25) is 5.02 Å². The lowest BCUT2D eigenvalue weighted by molar-refractivity contribution is -0.139. The van der Waals surface area contributed by atoms with Crippen LogP contribution in [0.15, 0.2) is 47.4 Å². The third-order valence-electron chi connectivity index (χ3n) is 4.55. The number of halogens is 3. The Hall–Kier alpha value is -2.23. The van der Waals surface area contributed by atoms with Gasteiger partial charge in [0.15, 0.2) is 6.10 Å². The zero-order valence-electron chi connectivity index (χ0n) is 15.5. The number of rotatable bonds is 5. The van der Waals surface area contributed by atoms with Crippen molar-refractivity contribution in [2.45, 2.75) is 17.9 Å². The van der Waals surface area contributed by atoms with E-state index in [1.807, 2.05) is 0 Å². The van der Waals surface area contributed by atoms with Gasteiger partial charge in [0.25, 0.3) is 5.91 Å². The fourth-order valence-electron chi connectivity index (χ4n) is 3.01. The Balaban J connectivity index is 1.63. The number of piperazine rings is 1. The number of para-hydroxylation sites is 1. The molecular formula is C19H19ClF2N2O4S. The van der Waals surface area contributed by atoms with Gasteiger partial charge < -0.3 is 9.64 Å². The SMILES string of the molecule is CC(Oc1ccccc1Cl)C(=O)N1CCN(S(=O)(=O)c2ccc(F)cc2F)CC1. The number of amides is 1. The highest BCUT2D eigenvalue weighted by Gasteiger charge is 2.33. The molecular weight excluding hydrogens is 426 g/mol. The quantitative estimate of drug-likeness (QED) is 0.711. The van der Waals surface area contributed by atoms with Gasteiger partial charge in [-0.05, 0) is 31.2 Å². The van der Waals surface area contributed by atoms with Crippen molar-refractivity contribution in [1.29, 1.82) is 0 Å². The molecule has 1 heterocycles. The molecule has 1 fully saturated rings. The molecule has 0 aromatic heterocycles. The monoisotopic (exact) mass is 444 g/mol. The first kappa shape index (κ1) is 21.5. The third kappa shape index (κ3) is 4.68. The average Bonchev–Trinajstić information content (AvgIpc) is 2.69. The van der Waals surface area contributed by atoms with Gasteiger partial charge in [0.1, 0.15) is 22.3 Å². The molecule has 0 spiro atoms. The molecule has 1 atom stereocenters. The Labute approximate surface area is 172 Å². The third-order valence-corrected chi connectivity index (χ3v) is 6.79. The van der Waals surface area contributed by atoms with Crippen LogP contribution in [0.25, 0.3) is 0 Å². The summed E-state index contributed by atoms with van der Waals surface area (Å²) < 4.78 is 58.9. The van der Waals surface area contributed by atoms with Gasteiger partial charge in [-0.2, -0.15) is 4.31 Å². The molecule has 2 aromatic rings. The van der Waals surface area contributed by atoms with E-state index in [9.17, 15) is 22.0 Å². The maximum atomic E-state index is 13.9. The molecule has 0 saturated carbocycles. The summed E-state index contributed by atoms with van der Waals surface area (Å²) >= 11 is 6.03. The molecule has 0 aliphatic carbocycles. The minimum absolute atomic E-state index is 0.0102. The summed E-state index contributed by atoms with van der Waals surface area (Å²) in [5.41, 5.74) is 0. The maximum Gasteiger partial charge on any atom is 0.263 e. The molecule has 1 amide bonds. The predicted molar refractivity (Wildman–Crippen MR) is 103 cm³/mol. The number of carbonyl (C=O) groups excluding carboxylic acids is 1. The van der Waals surface area contributed by atoms with Gasteiger partial charge in [-0.1, -0.05) is 23.7 Å². The van der Waals surface area contributed by atoms with Crippen LogP contribution >= 0.6 is 11.6 Å². The first-order valence-electron chi connectivity index (χ1n) is 8.85. The molecule has 156 valence electrons. The fraction of sp³-hybridized carbons (Fsp3) is 0.316. The molecule has 1 unspecified atom stereocenters. The van der Waals surface area contributed by atoms with Crippen molar-refractivity contribution in [3.8, 4) is 5.75 Å². The van der Waals surface area contributed by atoms with Gasteiger partial charge >= 0.3 is 0 Å². The van der Waals surface area contributed by atoms with Crippen LogP contribution in [0.3, 0.4) is 0 Å². The van der Waals surface area contributed by atoms with Crippen LogP contribution in [0.4, 0.5) is 8.78 Å². The average molecular weight is 445 g/mol. The molecule has 1 aliphatic rings. The van der Waals surface area contributed by atoms with Gasteiger partial charge in [-0.15, -0.1) is 0 Å². The Morgan fingerprint density at radius 2 is 1.76 bits per heavy atom. The Bertz CT molecular complexity index is 1010. The van der Waals surface area contributed by atoms with Crippen molar-refractivity contribution in [3.63, 3.8) is 0 Å². The zero-order chi connectivity index (χ0) is 21.2. The van der Waals surface area contributed by atoms with E-state index in [0.717, 1.165) is 16.4 Å². The molecule has 0 radical (unpaired) electrons. The lowest BCUT2D eigenvalue weighted by Crippen LogP contribution is -2.53. The summed E-state index contributed by atoms with van der Waals surface area (Å²) in [4.78, 5) is 13.5. The van der Waals surface area contributed by atoms with E-state index in [2.05, 4.69) is 0 Å². The molecule has 1 saturated heterocycles. The molecule has 2 aromatic carbocycles. The number of benzene rings is 2. The maximum absolute atomic E-state index is 13.9. The van der Waals surface area contributed by atoms with Gasteiger partial charge in [0.05, 0.1) is 5.02 Å². The number of ether oxygens (including phenoxy) is 1. The van der Waals surface area contributed by atoms with Gasteiger partial charge in [0.2, 0.25) is 10.0 Å². The summed E-state index contributed by atoms with van der Waals surface area (Å²) in [7, 11) is -4.13. The lowest BCUT2D eigenvalue weighted by Gasteiger charge is -2.35. The van der Waals surface area contributed by atoms with E-state index < -0.39 is 32.7 Å². The predicted octanol–water partition coefficient (Wildman–Crippen LogP) is 2.92. The van der Waals surface area contributed by atoms with Crippen LogP contribution in [0.5, 0.6) is 5.75 Å². The van der Waals surface area contributed by atoms with E-state index in [0.29, 0.717) is 16.8 Å². The first-order valence-corrected chi connectivity index (χ1v) is 10.7. The highest BCUT2D eigenvalue weighted by atomic mass is 35.5. The fourth-order valence-corrected chi connectivity index (χ4v) is 4.66. The van der Waals surface area contributed by atoms with Gasteiger partial charge in [0, 0.05) is 32.2 Å². The van der Waals surface area contributed by atoms with E-state index in [1.54, 1.807) is 31.2 Å². The van der Waals surface area contributed by atoms with E-state index >= 15 is 0 Å². The normalized spacial score (nSPS) is 16.5. The standard InChI is InChI=1S/C19H19ClF2N2O4S/c1-13(28-17-5-3-2-4-15(17)20)19(25)23-8-10-24(11-9-23)29(26,27)18-7-6-14(21)12-16(18)22/h2-7,12-13H,8-11H2,1H3. The second kappa shape index (κ2) is 8.64. The summed E-state index contributed by atoms with van der Waals surface area (Å²) in [6.07, 6.45) is -0.812. The smallest absolute Gasteiger partial charge is 0.263 e. The zero-order valence-corrected chi connectivity index (χ0v) is 17.1. The highest BCUT2D eigenvalue weighted by molar-refractivity contribution is 7.89. The number of carbonyl (C=O) groups is 1. The second-order valence-corrected chi connectivity index (χ2v) is 8.81. The summed E-state index contributed by atoms with van der Waals surface area (Å²) in [6, 6.07) is 9.09. The van der Waals surface area contributed by atoms with Crippen molar-refractivity contribution >= 4 is 27.5 Å². The summed E-state index contributed by atoms with van der Waals surface area (Å²) in [5, 5.41) is 0.379.